The van der Waals surface area contributed by atoms with E-state index in [1.807, 2.05) is 6.07 Å². The lowest BCUT2D eigenvalue weighted by Gasteiger charge is -2.25. The number of nitrogens with one attached hydrogen (secondary N) is 2. The van der Waals surface area contributed by atoms with Crippen molar-refractivity contribution in [3.8, 4) is 5.75 Å². The molecule has 0 bridgehead atoms. The van der Waals surface area contributed by atoms with E-state index in [2.05, 4.69) is 31.3 Å². The van der Waals surface area contributed by atoms with Gasteiger partial charge in [0.25, 0.3) is 0 Å². The molecule has 46 heavy (non-hydrogen) atoms. The summed E-state index contributed by atoms with van der Waals surface area (Å²) in [5, 5.41) is 15.6. The average molecular weight is 727 g/mol. The molecule has 4 rings (SSSR count). The summed E-state index contributed by atoms with van der Waals surface area (Å²) in [6, 6.07) is 16.9. The highest BCUT2D eigenvalue weighted by Gasteiger charge is 2.57. The topological polar surface area (TPSA) is 177 Å². The van der Waals surface area contributed by atoms with Crippen LogP contribution in [0.1, 0.15) is 32.6 Å². The van der Waals surface area contributed by atoms with Gasteiger partial charge in [-0.2, -0.15) is 10.1 Å². The smallest absolute Gasteiger partial charge is 0.459 e. The number of carbonyl (C=O) groups is 2. The fraction of sp³-hybridized carbons (Fsp3) is 0.379. The van der Waals surface area contributed by atoms with Crippen molar-refractivity contribution >= 4 is 41.6 Å². The molecule has 2 aromatic carbocycles. The van der Waals surface area contributed by atoms with Crippen molar-refractivity contribution in [3.05, 3.63) is 89.0 Å². The molecule has 1 fully saturated rings. The van der Waals surface area contributed by atoms with Crippen LogP contribution in [0, 0.1) is 0 Å². The second kappa shape index (κ2) is 15.3. The number of hydrogen-bond acceptors (Lipinski definition) is 11. The van der Waals surface area contributed by atoms with Gasteiger partial charge in [-0.15, -0.1) is 0 Å². The summed E-state index contributed by atoms with van der Waals surface area (Å²) in [6.45, 7) is 3.96. The van der Waals surface area contributed by atoms with E-state index in [0.717, 1.165) is 16.3 Å². The normalized spacial score (nSPS) is 22.9. The lowest BCUT2D eigenvalue weighted by molar-refractivity contribution is -0.149. The SMILES string of the molecule is CC(C)OC(=O)[C@H](C)NP(=O)(OC[C@H]1O[C@@H](n2ccc(NC(=O)OCc3ccccc3)nc2=O)[C@](F)(Br)[C@@H]1O)Oc1ccccc1. The maximum atomic E-state index is 15.8. The number of benzene rings is 2. The number of esters is 1. The summed E-state index contributed by atoms with van der Waals surface area (Å²) in [6.07, 6.45) is -5.41. The number of amides is 1. The lowest BCUT2D eigenvalue weighted by atomic mass is 10.1. The molecule has 0 radical (unpaired) electrons. The number of rotatable bonds is 13. The Labute approximate surface area is 271 Å². The quantitative estimate of drug-likeness (QED) is 0.128. The minimum absolute atomic E-state index is 0.0191. The Morgan fingerprint density at radius 1 is 1.13 bits per heavy atom. The predicted molar refractivity (Wildman–Crippen MR) is 166 cm³/mol. The predicted octanol–water partition coefficient (Wildman–Crippen LogP) is 4.44. The summed E-state index contributed by atoms with van der Waals surface area (Å²) in [4.78, 5) is 41.1. The molecule has 0 aliphatic carbocycles. The number of nitrogens with zero attached hydrogens (tertiary/aromatic N) is 2. The van der Waals surface area contributed by atoms with Crippen LogP contribution in [0.4, 0.5) is 15.0 Å². The number of aliphatic hydroxyl groups excluding tert-OH is 1. The van der Waals surface area contributed by atoms with E-state index in [4.69, 9.17) is 23.3 Å². The number of hydrogen-bond donors (Lipinski definition) is 3. The van der Waals surface area contributed by atoms with E-state index in [1.54, 1.807) is 56.3 Å². The third-order valence-corrected chi connectivity index (χ3v) is 8.84. The number of para-hydroxylation sites is 1. The molecule has 6 atom stereocenters. The van der Waals surface area contributed by atoms with Gasteiger partial charge in [-0.3, -0.25) is 19.2 Å². The van der Waals surface area contributed by atoms with Crippen molar-refractivity contribution in [2.45, 2.75) is 62.5 Å². The van der Waals surface area contributed by atoms with Crippen molar-refractivity contribution in [2.24, 2.45) is 0 Å². The van der Waals surface area contributed by atoms with Gasteiger partial charge in [-0.1, -0.05) is 48.5 Å². The largest absolute Gasteiger partial charge is 0.462 e. The molecule has 1 aliphatic rings. The van der Waals surface area contributed by atoms with E-state index < -0.39 is 67.3 Å². The fourth-order valence-corrected chi connectivity index (χ4v) is 6.26. The molecule has 0 saturated carbocycles. The maximum absolute atomic E-state index is 15.8. The maximum Gasteiger partial charge on any atom is 0.459 e. The summed E-state index contributed by atoms with van der Waals surface area (Å²) < 4.78 is 54.5. The second-order valence-corrected chi connectivity index (χ2v) is 13.3. The van der Waals surface area contributed by atoms with Gasteiger partial charge in [0, 0.05) is 6.20 Å². The highest BCUT2D eigenvalue weighted by molar-refractivity contribution is 9.10. The van der Waals surface area contributed by atoms with E-state index in [1.165, 1.54) is 25.1 Å². The zero-order valence-electron chi connectivity index (χ0n) is 24.9. The van der Waals surface area contributed by atoms with Crippen LogP contribution in [0.5, 0.6) is 5.75 Å². The first-order valence-electron chi connectivity index (χ1n) is 14.0. The van der Waals surface area contributed by atoms with Gasteiger partial charge >= 0.3 is 25.5 Å². The van der Waals surface area contributed by atoms with Gasteiger partial charge in [-0.25, -0.2) is 18.5 Å². The molecule has 1 saturated heterocycles. The molecule has 0 spiro atoms. The third-order valence-electron chi connectivity index (χ3n) is 6.34. The van der Waals surface area contributed by atoms with E-state index >= 15 is 4.39 Å². The molecular weight excluding hydrogens is 694 g/mol. The Morgan fingerprint density at radius 3 is 2.41 bits per heavy atom. The third kappa shape index (κ3) is 9.21. The van der Waals surface area contributed by atoms with Crippen LogP contribution in [0.3, 0.4) is 0 Å². The molecule has 2 heterocycles. The van der Waals surface area contributed by atoms with Crippen molar-refractivity contribution < 1.29 is 46.9 Å². The first-order valence-corrected chi connectivity index (χ1v) is 16.4. The van der Waals surface area contributed by atoms with Gasteiger partial charge in [0.2, 0.25) is 4.58 Å². The monoisotopic (exact) mass is 726 g/mol. The molecule has 14 nitrogen and oxygen atoms in total. The van der Waals surface area contributed by atoms with Crippen LogP contribution >= 0.6 is 23.7 Å². The van der Waals surface area contributed by atoms with Crippen LogP contribution in [0.15, 0.2) is 77.7 Å². The van der Waals surface area contributed by atoms with Crippen LogP contribution in [0.25, 0.3) is 0 Å². The zero-order chi connectivity index (χ0) is 33.5. The first-order chi connectivity index (χ1) is 21.8. The first kappa shape index (κ1) is 35.2. The number of anilines is 1. The van der Waals surface area contributed by atoms with Gasteiger partial charge < -0.3 is 23.8 Å². The second-order valence-electron chi connectivity index (χ2n) is 10.4. The van der Waals surface area contributed by atoms with Gasteiger partial charge in [-0.05, 0) is 60.5 Å². The van der Waals surface area contributed by atoms with Crippen LogP contribution < -0.4 is 20.6 Å². The van der Waals surface area contributed by atoms with Gasteiger partial charge in [0.05, 0.1) is 12.7 Å². The van der Waals surface area contributed by atoms with Crippen molar-refractivity contribution in [3.63, 3.8) is 0 Å². The fourth-order valence-electron chi connectivity index (χ4n) is 4.14. The number of carbonyl (C=O) groups excluding carboxylic acids is 2. The molecule has 3 aromatic rings. The van der Waals surface area contributed by atoms with Crippen molar-refractivity contribution in [1.29, 1.82) is 0 Å². The molecule has 17 heteroatoms. The summed E-state index contributed by atoms with van der Waals surface area (Å²) in [7, 11) is -4.38. The minimum Gasteiger partial charge on any atom is -0.462 e. The van der Waals surface area contributed by atoms with Crippen molar-refractivity contribution in [2.75, 3.05) is 11.9 Å². The zero-order valence-corrected chi connectivity index (χ0v) is 27.4. The van der Waals surface area contributed by atoms with E-state index in [0.29, 0.717) is 0 Å². The minimum atomic E-state index is -4.38. The molecule has 1 aromatic heterocycles. The number of aromatic nitrogens is 2. The summed E-state index contributed by atoms with van der Waals surface area (Å²) in [5.74, 6) is -0.777. The molecule has 1 unspecified atom stereocenters. The van der Waals surface area contributed by atoms with Crippen LogP contribution in [-0.2, 0) is 34.7 Å². The Hall–Kier alpha value is -3.66. The Morgan fingerprint density at radius 2 is 1.78 bits per heavy atom. The van der Waals surface area contributed by atoms with E-state index in [-0.39, 0.29) is 18.2 Å². The van der Waals surface area contributed by atoms with Crippen molar-refractivity contribution in [1.82, 2.24) is 14.6 Å². The highest BCUT2D eigenvalue weighted by Crippen LogP contribution is 2.49. The van der Waals surface area contributed by atoms with Gasteiger partial charge in [0.1, 0.15) is 36.4 Å². The molecule has 1 amide bonds. The standard InChI is InChI=1S/C29H33BrFN4O10P/c1-18(2)43-25(37)19(3)34-46(40,45-21-12-8-5-9-13-21)42-17-22-24(36)29(30,31)26(44-22)35-15-14-23(32-27(35)38)33-28(39)41-16-20-10-6-4-7-11-20/h4-15,18-19,22,24,26,36H,16-17H2,1-3H3,(H,34,40)(H,32,33,38,39)/t19-,22+,24+,26+,29-,46?/m0/s1. The average Bonchev–Trinajstić information content (AvgIpc) is 3.23. The number of aliphatic hydroxyl groups is 1. The summed E-state index contributed by atoms with van der Waals surface area (Å²) in [5.41, 5.74) is -0.284. The number of alkyl halides is 2. The summed E-state index contributed by atoms with van der Waals surface area (Å²) >= 11 is 2.79. The Bertz CT molecular complexity index is 1600. The van der Waals surface area contributed by atoms with Crippen LogP contribution in [0.2, 0.25) is 0 Å². The lowest BCUT2D eigenvalue weighted by Crippen LogP contribution is -2.41. The van der Waals surface area contributed by atoms with Gasteiger partial charge in [0.15, 0.2) is 6.23 Å². The molecule has 3 N–H and O–H groups in total. The molecule has 248 valence electrons. The molecule has 1 aliphatic heterocycles. The Balaban J connectivity index is 1.44. The number of ether oxygens (including phenoxy) is 3. The Kier molecular flexibility index (Phi) is 11.7. The molecular formula is C29H33BrFN4O10P. The van der Waals surface area contributed by atoms with Crippen LogP contribution in [-0.4, -0.2) is 62.3 Å². The number of halogens is 2. The van der Waals surface area contributed by atoms with E-state index in [9.17, 15) is 24.1 Å². The highest BCUT2D eigenvalue weighted by atomic mass is 79.9.